The van der Waals surface area contributed by atoms with Crippen molar-refractivity contribution in [3.05, 3.63) is 75.9 Å². The highest BCUT2D eigenvalue weighted by atomic mass is 127. The Hall–Kier alpha value is -2.94. The number of fused-ring (bicyclic) bond motifs is 1. The average Bonchev–Trinajstić information content (AvgIpc) is 3.11. The van der Waals surface area contributed by atoms with Crippen molar-refractivity contribution in [2.45, 2.75) is 0 Å². The van der Waals surface area contributed by atoms with E-state index in [4.69, 9.17) is 0 Å². The summed E-state index contributed by atoms with van der Waals surface area (Å²) in [7, 11) is 4.00. The number of nitrogens with one attached hydrogen (secondary N) is 1. The number of hydrogen-bond donors (Lipinski definition) is 1. The molecule has 1 amide bonds. The third-order valence-electron chi connectivity index (χ3n) is 4.32. The van der Waals surface area contributed by atoms with Crippen molar-refractivity contribution in [1.29, 1.82) is 0 Å². The maximum absolute atomic E-state index is 12.5. The van der Waals surface area contributed by atoms with Crippen molar-refractivity contribution < 1.29 is 4.79 Å². The number of rotatable bonds is 4. The molecule has 1 N–H and O–H groups in total. The second-order valence-corrected chi connectivity index (χ2v) is 7.81. The summed E-state index contributed by atoms with van der Waals surface area (Å²) in [6, 6.07) is 21.0. The zero-order valence-electron chi connectivity index (χ0n) is 15.4. The molecule has 0 spiro atoms. The zero-order valence-corrected chi connectivity index (χ0v) is 17.6. The van der Waals surface area contributed by atoms with Gasteiger partial charge in [-0.15, -0.1) is 10.2 Å². The number of hydrogen-bond acceptors (Lipinski definition) is 4. The SMILES string of the molecule is CN(C)c1ccc(-n2nc3ccc(NC(=O)c4cccc(I)c4)cc3n2)cc1. The van der Waals surface area contributed by atoms with Crippen LogP contribution in [0.1, 0.15) is 10.4 Å². The average molecular weight is 483 g/mol. The van der Waals surface area contributed by atoms with Crippen molar-refractivity contribution >= 4 is 50.9 Å². The lowest BCUT2D eigenvalue weighted by atomic mass is 10.2. The van der Waals surface area contributed by atoms with E-state index in [1.807, 2.05) is 79.7 Å². The molecule has 0 aliphatic carbocycles. The van der Waals surface area contributed by atoms with Gasteiger partial charge >= 0.3 is 0 Å². The van der Waals surface area contributed by atoms with Gasteiger partial charge < -0.3 is 10.2 Å². The number of aromatic nitrogens is 3. The Balaban J connectivity index is 1.58. The Kier molecular flexibility index (Phi) is 4.99. The molecule has 0 fully saturated rings. The smallest absolute Gasteiger partial charge is 0.255 e. The summed E-state index contributed by atoms with van der Waals surface area (Å²) >= 11 is 2.19. The first-order valence-corrected chi connectivity index (χ1v) is 9.79. The summed E-state index contributed by atoms with van der Waals surface area (Å²) in [4.78, 5) is 16.1. The fraction of sp³-hybridized carbons (Fsp3) is 0.0952. The Morgan fingerprint density at radius 3 is 2.43 bits per heavy atom. The molecule has 0 aliphatic heterocycles. The Morgan fingerprint density at radius 2 is 1.71 bits per heavy atom. The minimum absolute atomic E-state index is 0.149. The van der Waals surface area contributed by atoms with Gasteiger partial charge in [0.05, 0.1) is 5.69 Å². The quantitative estimate of drug-likeness (QED) is 0.439. The van der Waals surface area contributed by atoms with Gasteiger partial charge in [0.1, 0.15) is 11.0 Å². The van der Waals surface area contributed by atoms with E-state index >= 15 is 0 Å². The van der Waals surface area contributed by atoms with E-state index in [2.05, 4.69) is 38.1 Å². The van der Waals surface area contributed by atoms with Crippen LogP contribution in [0, 0.1) is 3.57 Å². The lowest BCUT2D eigenvalue weighted by Gasteiger charge is -2.12. The second-order valence-electron chi connectivity index (χ2n) is 6.57. The monoisotopic (exact) mass is 483 g/mol. The van der Waals surface area contributed by atoms with Gasteiger partial charge in [-0.1, -0.05) is 6.07 Å². The van der Waals surface area contributed by atoms with Crippen LogP contribution in [-0.2, 0) is 0 Å². The van der Waals surface area contributed by atoms with Crippen LogP contribution >= 0.6 is 22.6 Å². The van der Waals surface area contributed by atoms with Crippen molar-refractivity contribution in [3.63, 3.8) is 0 Å². The molecule has 3 aromatic carbocycles. The number of anilines is 2. The van der Waals surface area contributed by atoms with Gasteiger partial charge in [-0.2, -0.15) is 4.80 Å². The van der Waals surface area contributed by atoms with Crippen LogP contribution in [0.25, 0.3) is 16.7 Å². The third kappa shape index (κ3) is 3.84. The lowest BCUT2D eigenvalue weighted by Crippen LogP contribution is -2.11. The lowest BCUT2D eigenvalue weighted by molar-refractivity contribution is 0.102. The first-order valence-electron chi connectivity index (χ1n) is 8.71. The molecule has 0 aliphatic rings. The number of benzene rings is 3. The van der Waals surface area contributed by atoms with Crippen molar-refractivity contribution in [2.75, 3.05) is 24.3 Å². The Morgan fingerprint density at radius 1 is 0.964 bits per heavy atom. The maximum atomic E-state index is 12.5. The number of amides is 1. The summed E-state index contributed by atoms with van der Waals surface area (Å²) in [5, 5.41) is 12.0. The largest absolute Gasteiger partial charge is 0.378 e. The molecule has 0 saturated heterocycles. The van der Waals surface area contributed by atoms with E-state index in [1.165, 1.54) is 0 Å². The van der Waals surface area contributed by atoms with Gasteiger partial charge in [-0.3, -0.25) is 4.79 Å². The van der Waals surface area contributed by atoms with Crippen LogP contribution in [0.2, 0.25) is 0 Å². The molecule has 140 valence electrons. The molecule has 0 bridgehead atoms. The molecule has 6 nitrogen and oxygen atoms in total. The Labute approximate surface area is 176 Å². The molecule has 4 aromatic rings. The van der Waals surface area contributed by atoms with Gasteiger partial charge in [-0.25, -0.2) is 0 Å². The number of carbonyl (C=O) groups is 1. The van der Waals surface area contributed by atoms with E-state index < -0.39 is 0 Å². The van der Waals surface area contributed by atoms with Crippen molar-refractivity contribution in [2.24, 2.45) is 0 Å². The van der Waals surface area contributed by atoms with E-state index in [0.717, 1.165) is 26.0 Å². The topological polar surface area (TPSA) is 63.1 Å². The summed E-state index contributed by atoms with van der Waals surface area (Å²) in [6.45, 7) is 0. The zero-order chi connectivity index (χ0) is 19.7. The molecular formula is C21H18IN5O. The highest BCUT2D eigenvalue weighted by Gasteiger charge is 2.10. The highest BCUT2D eigenvalue weighted by Crippen LogP contribution is 2.20. The normalized spacial score (nSPS) is 10.8. The molecular weight excluding hydrogens is 465 g/mol. The fourth-order valence-electron chi connectivity index (χ4n) is 2.82. The number of carbonyl (C=O) groups excluding carboxylic acids is 1. The third-order valence-corrected chi connectivity index (χ3v) is 4.99. The minimum atomic E-state index is -0.149. The van der Waals surface area contributed by atoms with Crippen molar-refractivity contribution in [1.82, 2.24) is 15.0 Å². The van der Waals surface area contributed by atoms with Crippen LogP contribution < -0.4 is 10.2 Å². The minimum Gasteiger partial charge on any atom is -0.378 e. The van der Waals surface area contributed by atoms with Gasteiger partial charge in [0, 0.05) is 34.6 Å². The molecule has 0 atom stereocenters. The summed E-state index contributed by atoms with van der Waals surface area (Å²) in [6.07, 6.45) is 0. The summed E-state index contributed by atoms with van der Waals surface area (Å²) < 4.78 is 1.02. The van der Waals surface area contributed by atoms with Crippen molar-refractivity contribution in [3.8, 4) is 5.69 Å². The fourth-order valence-corrected chi connectivity index (χ4v) is 3.37. The molecule has 0 radical (unpaired) electrons. The highest BCUT2D eigenvalue weighted by molar-refractivity contribution is 14.1. The summed E-state index contributed by atoms with van der Waals surface area (Å²) in [5.74, 6) is -0.149. The first kappa shape index (κ1) is 18.4. The van der Waals surface area contributed by atoms with Crippen LogP contribution in [-0.4, -0.2) is 35.0 Å². The predicted molar refractivity (Wildman–Crippen MR) is 120 cm³/mol. The molecule has 0 saturated carbocycles. The maximum Gasteiger partial charge on any atom is 0.255 e. The van der Waals surface area contributed by atoms with Crippen LogP contribution in [0.15, 0.2) is 66.7 Å². The predicted octanol–water partition coefficient (Wildman–Crippen LogP) is 4.34. The van der Waals surface area contributed by atoms with Crippen LogP contribution in [0.3, 0.4) is 0 Å². The van der Waals surface area contributed by atoms with E-state index in [-0.39, 0.29) is 5.91 Å². The van der Waals surface area contributed by atoms with Gasteiger partial charge in [0.15, 0.2) is 0 Å². The molecule has 4 rings (SSSR count). The second kappa shape index (κ2) is 7.59. The summed E-state index contributed by atoms with van der Waals surface area (Å²) in [5.41, 5.74) is 4.79. The van der Waals surface area contributed by atoms with E-state index in [0.29, 0.717) is 11.3 Å². The van der Waals surface area contributed by atoms with Crippen LogP contribution in [0.4, 0.5) is 11.4 Å². The Bertz CT molecular complexity index is 1150. The van der Waals surface area contributed by atoms with Gasteiger partial charge in [0.25, 0.3) is 5.91 Å². The number of halogens is 1. The molecule has 1 aromatic heterocycles. The van der Waals surface area contributed by atoms with Gasteiger partial charge in [0.2, 0.25) is 0 Å². The van der Waals surface area contributed by atoms with Crippen LogP contribution in [0.5, 0.6) is 0 Å². The molecule has 7 heteroatoms. The van der Waals surface area contributed by atoms with E-state index in [1.54, 1.807) is 10.9 Å². The first-order chi connectivity index (χ1) is 13.5. The van der Waals surface area contributed by atoms with E-state index in [9.17, 15) is 4.79 Å². The molecule has 28 heavy (non-hydrogen) atoms. The molecule has 1 heterocycles. The standard InChI is InChI=1S/C21H18IN5O/c1-26(2)17-7-9-18(10-8-17)27-24-19-11-6-16(13-20(19)25-27)23-21(28)14-4-3-5-15(22)12-14/h3-13H,1-2H3,(H,23,28). The number of nitrogens with zero attached hydrogens (tertiary/aromatic N) is 4. The molecule has 0 unspecified atom stereocenters. The van der Waals surface area contributed by atoms with Gasteiger partial charge in [-0.05, 0) is 83.3 Å².